The van der Waals surface area contributed by atoms with Crippen LogP contribution in [0.15, 0.2) is 12.1 Å². The highest BCUT2D eigenvalue weighted by Crippen LogP contribution is 2.31. The number of carbonyl (C=O) groups excluding carboxylic acids is 1. The van der Waals surface area contributed by atoms with Gasteiger partial charge in [-0.2, -0.15) is 0 Å². The molecule has 0 aromatic heterocycles. The van der Waals surface area contributed by atoms with E-state index in [1.54, 1.807) is 0 Å². The normalized spacial score (nSPS) is 9.38. The molecule has 0 saturated carbocycles. The average Bonchev–Trinajstić information content (AvgIpc) is 2.16. The van der Waals surface area contributed by atoms with E-state index in [1.165, 1.54) is 26.4 Å². The van der Waals surface area contributed by atoms with E-state index in [4.69, 9.17) is 9.47 Å². The van der Waals surface area contributed by atoms with Crippen LogP contribution < -0.4 is 9.47 Å². The van der Waals surface area contributed by atoms with Gasteiger partial charge >= 0.3 is 0 Å². The van der Waals surface area contributed by atoms with Crippen molar-refractivity contribution in [1.29, 1.82) is 0 Å². The second kappa shape index (κ2) is 3.80. The molecule has 0 fully saturated rings. The molecule has 0 aliphatic carbocycles. The van der Waals surface area contributed by atoms with Gasteiger partial charge in [0.1, 0.15) is 11.5 Å². The van der Waals surface area contributed by atoms with Crippen LogP contribution in [0, 0.1) is 0 Å². The quantitative estimate of drug-likeness (QED) is 0.666. The van der Waals surface area contributed by atoms with Gasteiger partial charge in [0, 0.05) is 12.1 Å². The third kappa shape index (κ3) is 1.72. The second-order valence-electron chi connectivity index (χ2n) is 2.36. The Morgan fingerprint density at radius 1 is 1.15 bits per heavy atom. The van der Waals surface area contributed by atoms with E-state index in [2.05, 4.69) is 0 Å². The molecule has 1 aromatic rings. The van der Waals surface area contributed by atoms with Crippen LogP contribution >= 0.6 is 0 Å². The third-order valence-electron chi connectivity index (χ3n) is 1.64. The van der Waals surface area contributed by atoms with Crippen LogP contribution in [0.1, 0.15) is 10.4 Å². The summed E-state index contributed by atoms with van der Waals surface area (Å²) in [5.74, 6) is 0.220. The first-order valence-corrected chi connectivity index (χ1v) is 3.61. The van der Waals surface area contributed by atoms with Crippen LogP contribution in [0.5, 0.6) is 17.2 Å². The van der Waals surface area contributed by atoms with Crippen LogP contribution in [-0.4, -0.2) is 20.5 Å². The smallest absolute Gasteiger partial charge is 0.186 e. The van der Waals surface area contributed by atoms with Gasteiger partial charge in [0.05, 0.1) is 19.8 Å². The van der Waals surface area contributed by atoms with Gasteiger partial charge in [-0.05, 0) is 0 Å². The molecule has 0 aliphatic rings. The molecule has 0 heterocycles. The lowest BCUT2D eigenvalue weighted by Crippen LogP contribution is -1.94. The van der Waals surface area contributed by atoms with Gasteiger partial charge < -0.3 is 9.47 Å². The fraction of sp³-hybridized carbons (Fsp3) is 0.222. The van der Waals surface area contributed by atoms with Gasteiger partial charge in [-0.25, -0.2) is 0 Å². The fourth-order valence-electron chi connectivity index (χ4n) is 1.03. The SMILES string of the molecule is COc1cc([O])cc(OC)c1C=O. The Labute approximate surface area is 75.7 Å². The predicted octanol–water partition coefficient (Wildman–Crippen LogP) is 1.66. The Bertz CT molecular complexity index is 294. The number of carbonyl (C=O) groups is 1. The van der Waals surface area contributed by atoms with Crippen molar-refractivity contribution in [3.05, 3.63) is 17.7 Å². The van der Waals surface area contributed by atoms with Gasteiger partial charge in [0.25, 0.3) is 0 Å². The fourth-order valence-corrected chi connectivity index (χ4v) is 1.03. The van der Waals surface area contributed by atoms with Crippen LogP contribution in [0.25, 0.3) is 0 Å². The van der Waals surface area contributed by atoms with Gasteiger partial charge in [0.15, 0.2) is 12.0 Å². The largest absolute Gasteiger partial charge is 0.496 e. The van der Waals surface area contributed by atoms with Crippen LogP contribution in [0.4, 0.5) is 0 Å². The molecular weight excluding hydrogens is 172 g/mol. The number of benzene rings is 1. The summed E-state index contributed by atoms with van der Waals surface area (Å²) < 4.78 is 9.70. The maximum Gasteiger partial charge on any atom is 0.186 e. The molecule has 1 radical (unpaired) electrons. The molecule has 13 heavy (non-hydrogen) atoms. The van der Waals surface area contributed by atoms with Crippen LogP contribution in [0.2, 0.25) is 0 Å². The van der Waals surface area contributed by atoms with Crippen molar-refractivity contribution in [2.24, 2.45) is 0 Å². The van der Waals surface area contributed by atoms with E-state index in [0.29, 0.717) is 6.29 Å². The lowest BCUT2D eigenvalue weighted by molar-refractivity contribution is 0.111. The molecule has 4 heteroatoms. The van der Waals surface area contributed by atoms with E-state index in [0.717, 1.165) is 0 Å². The highest BCUT2D eigenvalue weighted by molar-refractivity contribution is 5.84. The van der Waals surface area contributed by atoms with Gasteiger partial charge in [-0.1, -0.05) is 0 Å². The second-order valence-corrected chi connectivity index (χ2v) is 2.36. The highest BCUT2D eigenvalue weighted by atomic mass is 16.5. The Kier molecular flexibility index (Phi) is 2.74. The molecule has 0 unspecified atom stereocenters. The van der Waals surface area contributed by atoms with Crippen LogP contribution in [-0.2, 0) is 5.11 Å². The van der Waals surface area contributed by atoms with E-state index < -0.39 is 0 Å². The Hall–Kier alpha value is -1.71. The van der Waals surface area contributed by atoms with Crippen molar-refractivity contribution >= 4 is 6.29 Å². The van der Waals surface area contributed by atoms with Gasteiger partial charge in [0.2, 0.25) is 0 Å². The highest BCUT2D eigenvalue weighted by Gasteiger charge is 2.11. The number of ether oxygens (including phenoxy) is 2. The summed E-state index contributed by atoms with van der Waals surface area (Å²) in [6.45, 7) is 0. The zero-order chi connectivity index (χ0) is 9.84. The summed E-state index contributed by atoms with van der Waals surface area (Å²) in [5.41, 5.74) is 0.254. The first-order chi connectivity index (χ1) is 6.22. The standard InChI is InChI=1S/C9H9O4/c1-12-8-3-6(11)4-9(13-2)7(8)5-10/h3-5H,1-2H3. The minimum Gasteiger partial charge on any atom is -0.496 e. The topological polar surface area (TPSA) is 55.4 Å². The first-order valence-electron chi connectivity index (χ1n) is 3.61. The van der Waals surface area contributed by atoms with Crippen molar-refractivity contribution in [3.8, 4) is 17.2 Å². The first kappa shape index (κ1) is 9.38. The third-order valence-corrected chi connectivity index (χ3v) is 1.64. The predicted molar refractivity (Wildman–Crippen MR) is 45.1 cm³/mol. The molecule has 0 aliphatic heterocycles. The number of methoxy groups -OCH3 is 2. The average molecular weight is 181 g/mol. The zero-order valence-corrected chi connectivity index (χ0v) is 7.37. The van der Waals surface area contributed by atoms with E-state index >= 15 is 0 Å². The molecule has 0 amide bonds. The zero-order valence-electron chi connectivity index (χ0n) is 7.37. The van der Waals surface area contributed by atoms with E-state index in [-0.39, 0.29) is 22.8 Å². The Morgan fingerprint density at radius 3 is 1.92 bits per heavy atom. The maximum absolute atomic E-state index is 11.0. The van der Waals surface area contributed by atoms with E-state index in [9.17, 15) is 9.90 Å². The van der Waals surface area contributed by atoms with Crippen molar-refractivity contribution in [2.45, 2.75) is 0 Å². The maximum atomic E-state index is 11.0. The minimum atomic E-state index is -0.251. The lowest BCUT2D eigenvalue weighted by atomic mass is 10.2. The Morgan fingerprint density at radius 2 is 1.62 bits per heavy atom. The van der Waals surface area contributed by atoms with E-state index in [1.807, 2.05) is 0 Å². The van der Waals surface area contributed by atoms with Crippen molar-refractivity contribution in [2.75, 3.05) is 14.2 Å². The summed E-state index contributed by atoms with van der Waals surface area (Å²) in [4.78, 5) is 10.6. The minimum absolute atomic E-state index is 0.236. The van der Waals surface area contributed by atoms with Gasteiger partial charge in [-0.15, -0.1) is 0 Å². The summed E-state index contributed by atoms with van der Waals surface area (Å²) in [6, 6.07) is 2.48. The molecule has 0 atom stereocenters. The van der Waals surface area contributed by atoms with Crippen molar-refractivity contribution in [1.82, 2.24) is 0 Å². The molecule has 1 rings (SSSR count). The lowest BCUT2D eigenvalue weighted by Gasteiger charge is -2.07. The molecule has 0 spiro atoms. The van der Waals surface area contributed by atoms with Crippen molar-refractivity contribution in [3.63, 3.8) is 0 Å². The summed E-state index contributed by atoms with van der Waals surface area (Å²) >= 11 is 0. The molecule has 0 N–H and O–H groups in total. The molecule has 69 valence electrons. The number of hydrogen-bond acceptors (Lipinski definition) is 3. The molecule has 1 aromatic carbocycles. The summed E-state index contributed by atoms with van der Waals surface area (Å²) in [6.07, 6.45) is 0.594. The van der Waals surface area contributed by atoms with Crippen molar-refractivity contribution < 1.29 is 19.4 Å². The summed E-state index contributed by atoms with van der Waals surface area (Å²) in [7, 11) is 2.78. The number of rotatable bonds is 3. The Balaban J connectivity index is 3.33. The van der Waals surface area contributed by atoms with Crippen LogP contribution in [0.3, 0.4) is 0 Å². The molecule has 4 nitrogen and oxygen atoms in total. The molecule has 0 saturated heterocycles. The molecule has 0 bridgehead atoms. The number of hydrogen-bond donors (Lipinski definition) is 0. The number of aldehydes is 1. The molecular formula is C9H9O4. The van der Waals surface area contributed by atoms with Gasteiger partial charge in [-0.3, -0.25) is 9.90 Å². The summed E-state index contributed by atoms with van der Waals surface area (Å²) in [5, 5.41) is 11.0. The monoisotopic (exact) mass is 181 g/mol.